The van der Waals surface area contributed by atoms with Crippen molar-refractivity contribution in [2.24, 2.45) is 0 Å². The topological polar surface area (TPSA) is 87.9 Å². The van der Waals surface area contributed by atoms with Gasteiger partial charge in [-0.05, 0) is 6.07 Å². The number of carbonyl (C=O) groups is 1. The first kappa shape index (κ1) is 14.7. The molecular formula is C12H15NO6. The number of hydrogen-bond acceptors (Lipinski definition) is 6. The van der Waals surface area contributed by atoms with Crippen molar-refractivity contribution in [2.45, 2.75) is 27.4 Å². The van der Waals surface area contributed by atoms with Crippen LogP contribution in [0.2, 0.25) is 0 Å². The number of nitro groups is 1. The van der Waals surface area contributed by atoms with E-state index in [1.165, 1.54) is 19.1 Å². The van der Waals surface area contributed by atoms with Gasteiger partial charge in [-0.15, -0.1) is 0 Å². The van der Waals surface area contributed by atoms with Gasteiger partial charge in [0.05, 0.1) is 16.6 Å². The molecule has 0 N–H and O–H groups in total. The Kier molecular flexibility index (Phi) is 5.11. The van der Waals surface area contributed by atoms with Crippen LogP contribution in [-0.4, -0.2) is 17.7 Å². The van der Waals surface area contributed by atoms with Gasteiger partial charge < -0.3 is 14.2 Å². The third kappa shape index (κ3) is 3.57. The average Bonchev–Trinajstić information content (AvgIpc) is 2.84. The molecule has 0 saturated heterocycles. The average molecular weight is 269 g/mol. The summed E-state index contributed by atoms with van der Waals surface area (Å²) in [5, 5.41) is 10.8. The first-order valence-electron chi connectivity index (χ1n) is 5.78. The molecule has 0 amide bonds. The summed E-state index contributed by atoms with van der Waals surface area (Å²) >= 11 is 0. The molecule has 1 aromatic carbocycles. The van der Waals surface area contributed by atoms with Crippen LogP contribution in [0.1, 0.15) is 26.3 Å². The number of rotatable bonds is 3. The highest BCUT2D eigenvalue weighted by Gasteiger charge is 2.23. The van der Waals surface area contributed by atoms with Gasteiger partial charge in [0.15, 0.2) is 11.5 Å². The number of nitro benzene ring substituents is 1. The van der Waals surface area contributed by atoms with E-state index in [1.54, 1.807) is 0 Å². The molecule has 0 spiro atoms. The van der Waals surface area contributed by atoms with Crippen molar-refractivity contribution in [2.75, 3.05) is 6.79 Å². The Morgan fingerprint density at radius 2 is 1.95 bits per heavy atom. The largest absolute Gasteiger partial charge is 0.461 e. The molecule has 1 aliphatic rings. The molecule has 1 heterocycles. The van der Waals surface area contributed by atoms with E-state index in [9.17, 15) is 14.9 Å². The van der Waals surface area contributed by atoms with Gasteiger partial charge in [0, 0.05) is 6.92 Å². The summed E-state index contributed by atoms with van der Waals surface area (Å²) in [6.07, 6.45) is 0. The number of hydrogen-bond donors (Lipinski definition) is 0. The predicted molar refractivity (Wildman–Crippen MR) is 66.0 cm³/mol. The molecule has 1 aliphatic heterocycles. The molecule has 2 rings (SSSR count). The van der Waals surface area contributed by atoms with Gasteiger partial charge >= 0.3 is 5.97 Å². The molecular weight excluding hydrogens is 254 g/mol. The number of benzene rings is 1. The minimum atomic E-state index is -0.555. The summed E-state index contributed by atoms with van der Waals surface area (Å²) < 4.78 is 14.9. The lowest BCUT2D eigenvalue weighted by Crippen LogP contribution is -2.02. The van der Waals surface area contributed by atoms with Crippen LogP contribution < -0.4 is 9.47 Å². The second-order valence-corrected chi connectivity index (χ2v) is 3.37. The Labute approximate surface area is 110 Å². The molecule has 0 saturated carbocycles. The highest BCUT2D eigenvalue weighted by Crippen LogP contribution is 2.38. The van der Waals surface area contributed by atoms with Crippen LogP contribution >= 0.6 is 0 Å². The van der Waals surface area contributed by atoms with Crippen molar-refractivity contribution in [3.05, 3.63) is 27.8 Å². The third-order valence-electron chi connectivity index (χ3n) is 2.20. The van der Waals surface area contributed by atoms with Crippen molar-refractivity contribution >= 4 is 11.7 Å². The van der Waals surface area contributed by atoms with Crippen LogP contribution in [0.4, 0.5) is 5.69 Å². The van der Waals surface area contributed by atoms with Gasteiger partial charge in [-0.3, -0.25) is 14.9 Å². The van der Waals surface area contributed by atoms with Gasteiger partial charge in [-0.1, -0.05) is 13.8 Å². The molecule has 0 unspecified atom stereocenters. The summed E-state index contributed by atoms with van der Waals surface area (Å²) in [7, 11) is 0. The molecule has 7 nitrogen and oxygen atoms in total. The van der Waals surface area contributed by atoms with Crippen molar-refractivity contribution < 1.29 is 23.9 Å². The Balaban J connectivity index is 0.000000861. The second-order valence-electron chi connectivity index (χ2n) is 3.37. The fraction of sp³-hybridized carbons (Fsp3) is 0.417. The van der Waals surface area contributed by atoms with Crippen molar-refractivity contribution in [3.8, 4) is 11.5 Å². The van der Waals surface area contributed by atoms with Crippen molar-refractivity contribution in [3.63, 3.8) is 0 Å². The Morgan fingerprint density at radius 3 is 2.47 bits per heavy atom. The Hall–Kier alpha value is -2.31. The smallest absolute Gasteiger partial charge is 0.302 e. The zero-order valence-electron chi connectivity index (χ0n) is 11.0. The monoisotopic (exact) mass is 269 g/mol. The number of carbonyl (C=O) groups excluding carboxylic acids is 1. The number of fused-ring (bicyclic) bond motifs is 1. The van der Waals surface area contributed by atoms with Crippen LogP contribution in [0.3, 0.4) is 0 Å². The minimum Gasteiger partial charge on any atom is -0.461 e. The lowest BCUT2D eigenvalue weighted by Gasteiger charge is -2.04. The third-order valence-corrected chi connectivity index (χ3v) is 2.20. The summed E-state index contributed by atoms with van der Waals surface area (Å²) in [6.45, 7) is 5.10. The maximum Gasteiger partial charge on any atom is 0.302 e. The summed E-state index contributed by atoms with van der Waals surface area (Å²) in [4.78, 5) is 21.0. The van der Waals surface area contributed by atoms with Crippen LogP contribution in [0.25, 0.3) is 0 Å². The zero-order valence-corrected chi connectivity index (χ0v) is 11.0. The van der Waals surface area contributed by atoms with E-state index in [0.717, 1.165) is 0 Å². The highest BCUT2D eigenvalue weighted by molar-refractivity contribution is 5.66. The predicted octanol–water partition coefficient (Wildman–Crippen LogP) is 2.41. The standard InChI is InChI=1S/C10H9NO6.C2H6/c1-6(12)15-4-7-2-9-10(17-5-16-9)3-8(7)11(13)14;1-2/h2-3H,4-5H2,1H3;1-2H3. The Morgan fingerprint density at radius 1 is 1.37 bits per heavy atom. The molecule has 19 heavy (non-hydrogen) atoms. The van der Waals surface area contributed by atoms with Crippen LogP contribution in [0, 0.1) is 10.1 Å². The zero-order chi connectivity index (χ0) is 14.4. The van der Waals surface area contributed by atoms with E-state index in [0.29, 0.717) is 11.5 Å². The van der Waals surface area contributed by atoms with Gasteiger partial charge in [-0.2, -0.15) is 0 Å². The summed E-state index contributed by atoms with van der Waals surface area (Å²) in [6, 6.07) is 2.71. The minimum absolute atomic E-state index is 0.0313. The lowest BCUT2D eigenvalue weighted by molar-refractivity contribution is -0.385. The molecule has 0 radical (unpaired) electrons. The Bertz CT molecular complexity index is 485. The van der Waals surface area contributed by atoms with Gasteiger partial charge in [0.25, 0.3) is 5.69 Å². The normalized spacial score (nSPS) is 11.3. The summed E-state index contributed by atoms with van der Waals surface area (Å²) in [5.74, 6) is 0.234. The number of esters is 1. The quantitative estimate of drug-likeness (QED) is 0.475. The van der Waals surface area contributed by atoms with E-state index in [-0.39, 0.29) is 24.7 Å². The fourth-order valence-electron chi connectivity index (χ4n) is 1.44. The fourth-order valence-corrected chi connectivity index (χ4v) is 1.44. The van der Waals surface area contributed by atoms with E-state index in [1.807, 2.05) is 13.8 Å². The van der Waals surface area contributed by atoms with Crippen molar-refractivity contribution in [1.82, 2.24) is 0 Å². The lowest BCUT2D eigenvalue weighted by atomic mass is 10.1. The van der Waals surface area contributed by atoms with Crippen molar-refractivity contribution in [1.29, 1.82) is 0 Å². The maximum absolute atomic E-state index is 10.8. The molecule has 0 fully saturated rings. The van der Waals surface area contributed by atoms with Gasteiger partial charge in [0.2, 0.25) is 6.79 Å². The van der Waals surface area contributed by atoms with Gasteiger partial charge in [0.1, 0.15) is 6.61 Å². The molecule has 1 aromatic rings. The molecule has 0 bridgehead atoms. The first-order valence-corrected chi connectivity index (χ1v) is 5.78. The van der Waals surface area contributed by atoms with E-state index in [4.69, 9.17) is 14.2 Å². The first-order chi connectivity index (χ1) is 9.08. The van der Waals surface area contributed by atoms with Crippen LogP contribution in [0.5, 0.6) is 11.5 Å². The van der Waals surface area contributed by atoms with E-state index < -0.39 is 10.9 Å². The van der Waals surface area contributed by atoms with Gasteiger partial charge in [-0.25, -0.2) is 0 Å². The SMILES string of the molecule is CC.CC(=O)OCc1cc2c(cc1[N+](=O)[O-])OCO2. The van der Waals surface area contributed by atoms with E-state index in [2.05, 4.69) is 0 Å². The van der Waals surface area contributed by atoms with Crippen LogP contribution in [-0.2, 0) is 16.1 Å². The molecule has 0 aromatic heterocycles. The number of ether oxygens (including phenoxy) is 3. The molecule has 104 valence electrons. The van der Waals surface area contributed by atoms with Crippen LogP contribution in [0.15, 0.2) is 12.1 Å². The maximum atomic E-state index is 10.8. The highest BCUT2D eigenvalue weighted by atomic mass is 16.7. The molecule has 0 atom stereocenters. The second kappa shape index (κ2) is 6.58. The molecule has 0 aliphatic carbocycles. The number of nitrogens with zero attached hydrogens (tertiary/aromatic N) is 1. The molecule has 7 heteroatoms. The van der Waals surface area contributed by atoms with E-state index >= 15 is 0 Å². The summed E-state index contributed by atoms with van der Waals surface area (Å²) in [5.41, 5.74) is 0.116.